The van der Waals surface area contributed by atoms with Crippen LogP contribution in [0.4, 0.5) is 0 Å². The topological polar surface area (TPSA) is 60.4 Å². The maximum atomic E-state index is 10.4. The summed E-state index contributed by atoms with van der Waals surface area (Å²) in [7, 11) is 4.88. The summed E-state index contributed by atoms with van der Waals surface area (Å²) in [5.41, 5.74) is 1.11. The summed E-state index contributed by atoms with van der Waals surface area (Å²) in [5.74, 6) is 2.90. The Morgan fingerprint density at radius 3 is 2.18 bits per heavy atom. The second kappa shape index (κ2) is 11.4. The van der Waals surface area contributed by atoms with Crippen LogP contribution in [0, 0.1) is 0 Å². The first kappa shape index (κ1) is 21.9. The van der Waals surface area contributed by atoms with Crippen LogP contribution in [0.1, 0.15) is 18.9 Å². The van der Waals surface area contributed by atoms with Gasteiger partial charge in [0, 0.05) is 13.1 Å². The van der Waals surface area contributed by atoms with Crippen LogP contribution in [0.2, 0.25) is 0 Å². The van der Waals surface area contributed by atoms with Gasteiger partial charge in [-0.05, 0) is 54.9 Å². The van der Waals surface area contributed by atoms with Gasteiger partial charge in [0.2, 0.25) is 0 Å². The predicted octanol–water partition coefficient (Wildman–Crippen LogP) is 3.36. The quantitative estimate of drug-likeness (QED) is 0.601. The molecule has 28 heavy (non-hydrogen) atoms. The standard InChI is InChI=1S/C22H31NO5/c1-5-12-23(14-17-6-11-21(26-3)22(13-17)27-4)15-18(24)16-28-20-9-7-19(25-2)8-10-20/h6-11,13,18,24H,5,12,14-16H2,1-4H3. The van der Waals surface area contributed by atoms with Gasteiger partial charge in [-0.3, -0.25) is 4.90 Å². The lowest BCUT2D eigenvalue weighted by Gasteiger charge is -2.25. The fourth-order valence-corrected chi connectivity index (χ4v) is 3.00. The third kappa shape index (κ3) is 6.62. The molecule has 0 spiro atoms. The highest BCUT2D eigenvalue weighted by molar-refractivity contribution is 5.42. The third-order valence-electron chi connectivity index (χ3n) is 4.36. The molecule has 0 fully saturated rings. The molecular formula is C22H31NO5. The molecule has 154 valence electrons. The minimum absolute atomic E-state index is 0.235. The van der Waals surface area contributed by atoms with Crippen LogP contribution >= 0.6 is 0 Å². The molecule has 0 saturated carbocycles. The lowest BCUT2D eigenvalue weighted by Crippen LogP contribution is -2.35. The predicted molar refractivity (Wildman–Crippen MR) is 110 cm³/mol. The van der Waals surface area contributed by atoms with Crippen molar-refractivity contribution >= 4 is 0 Å². The zero-order chi connectivity index (χ0) is 20.4. The average molecular weight is 389 g/mol. The van der Waals surface area contributed by atoms with Crippen LogP contribution in [-0.4, -0.2) is 57.1 Å². The molecule has 0 aliphatic rings. The molecule has 0 amide bonds. The van der Waals surface area contributed by atoms with Gasteiger partial charge in [0.25, 0.3) is 0 Å². The Morgan fingerprint density at radius 1 is 0.893 bits per heavy atom. The molecule has 1 unspecified atom stereocenters. The summed E-state index contributed by atoms with van der Waals surface area (Å²) in [6, 6.07) is 13.2. The summed E-state index contributed by atoms with van der Waals surface area (Å²) in [5, 5.41) is 10.4. The molecule has 0 aliphatic carbocycles. The van der Waals surface area contributed by atoms with E-state index in [-0.39, 0.29) is 6.61 Å². The third-order valence-corrected chi connectivity index (χ3v) is 4.36. The minimum atomic E-state index is -0.589. The Morgan fingerprint density at radius 2 is 1.57 bits per heavy atom. The van der Waals surface area contributed by atoms with Crippen molar-refractivity contribution in [2.45, 2.75) is 26.0 Å². The van der Waals surface area contributed by atoms with Gasteiger partial charge in [-0.2, -0.15) is 0 Å². The second-order valence-corrected chi connectivity index (χ2v) is 6.56. The van der Waals surface area contributed by atoms with Gasteiger partial charge in [0.15, 0.2) is 11.5 Å². The number of benzene rings is 2. The molecule has 1 atom stereocenters. The first-order chi connectivity index (χ1) is 13.6. The van der Waals surface area contributed by atoms with Crippen LogP contribution in [0.3, 0.4) is 0 Å². The molecule has 2 aromatic carbocycles. The Kier molecular flexibility index (Phi) is 8.91. The molecule has 2 rings (SSSR count). The van der Waals surface area contributed by atoms with Crippen molar-refractivity contribution in [3.05, 3.63) is 48.0 Å². The summed E-state index contributed by atoms with van der Waals surface area (Å²) >= 11 is 0. The molecule has 0 bridgehead atoms. The van der Waals surface area contributed by atoms with E-state index in [1.807, 2.05) is 42.5 Å². The number of aliphatic hydroxyl groups excluding tert-OH is 1. The molecule has 0 aliphatic heterocycles. The maximum absolute atomic E-state index is 10.4. The zero-order valence-electron chi connectivity index (χ0n) is 17.2. The number of aliphatic hydroxyl groups is 1. The van der Waals surface area contributed by atoms with Crippen molar-refractivity contribution in [2.75, 3.05) is 41.0 Å². The van der Waals surface area contributed by atoms with E-state index in [9.17, 15) is 5.11 Å². The van der Waals surface area contributed by atoms with Crippen molar-refractivity contribution in [1.82, 2.24) is 4.90 Å². The highest BCUT2D eigenvalue weighted by Crippen LogP contribution is 2.28. The Bertz CT molecular complexity index is 705. The molecule has 2 aromatic rings. The lowest BCUT2D eigenvalue weighted by atomic mass is 10.1. The van der Waals surface area contributed by atoms with Gasteiger partial charge >= 0.3 is 0 Å². The summed E-state index contributed by atoms with van der Waals surface area (Å²) in [6.45, 7) is 4.49. The van der Waals surface area contributed by atoms with E-state index >= 15 is 0 Å². The van der Waals surface area contributed by atoms with Crippen molar-refractivity contribution < 1.29 is 24.1 Å². The molecule has 0 heterocycles. The van der Waals surface area contributed by atoms with Crippen molar-refractivity contribution in [2.24, 2.45) is 0 Å². The fraction of sp³-hybridized carbons (Fsp3) is 0.455. The molecular weight excluding hydrogens is 358 g/mol. The Hall–Kier alpha value is -2.44. The van der Waals surface area contributed by atoms with Gasteiger partial charge in [-0.1, -0.05) is 13.0 Å². The van der Waals surface area contributed by atoms with E-state index < -0.39 is 6.10 Å². The second-order valence-electron chi connectivity index (χ2n) is 6.56. The maximum Gasteiger partial charge on any atom is 0.161 e. The number of hydrogen-bond donors (Lipinski definition) is 1. The number of nitrogens with zero attached hydrogens (tertiary/aromatic N) is 1. The van der Waals surface area contributed by atoms with Gasteiger partial charge in [0.1, 0.15) is 24.2 Å². The number of methoxy groups -OCH3 is 3. The lowest BCUT2D eigenvalue weighted by molar-refractivity contribution is 0.0655. The molecule has 0 aromatic heterocycles. The highest BCUT2D eigenvalue weighted by atomic mass is 16.5. The van der Waals surface area contributed by atoms with Crippen LogP contribution in [0.15, 0.2) is 42.5 Å². The van der Waals surface area contributed by atoms with Crippen LogP contribution in [0.5, 0.6) is 23.0 Å². The monoisotopic (exact) mass is 389 g/mol. The summed E-state index contributed by atoms with van der Waals surface area (Å²) in [4.78, 5) is 2.21. The zero-order valence-corrected chi connectivity index (χ0v) is 17.2. The normalized spacial score (nSPS) is 11.9. The molecule has 6 nitrogen and oxygen atoms in total. The fourth-order valence-electron chi connectivity index (χ4n) is 3.00. The largest absolute Gasteiger partial charge is 0.497 e. The minimum Gasteiger partial charge on any atom is -0.497 e. The van der Waals surface area contributed by atoms with Crippen LogP contribution in [0.25, 0.3) is 0 Å². The van der Waals surface area contributed by atoms with E-state index in [0.717, 1.165) is 24.3 Å². The molecule has 1 N–H and O–H groups in total. The molecule has 6 heteroatoms. The molecule has 0 radical (unpaired) electrons. The van der Waals surface area contributed by atoms with Gasteiger partial charge in [-0.25, -0.2) is 0 Å². The van der Waals surface area contributed by atoms with E-state index in [1.54, 1.807) is 21.3 Å². The summed E-state index contributed by atoms with van der Waals surface area (Å²) < 4.78 is 21.5. The number of hydrogen-bond acceptors (Lipinski definition) is 6. The van der Waals surface area contributed by atoms with Crippen LogP contribution in [-0.2, 0) is 6.54 Å². The first-order valence-corrected chi connectivity index (χ1v) is 9.47. The van der Waals surface area contributed by atoms with Crippen LogP contribution < -0.4 is 18.9 Å². The molecule has 0 saturated heterocycles. The average Bonchev–Trinajstić information content (AvgIpc) is 2.72. The van der Waals surface area contributed by atoms with E-state index in [0.29, 0.717) is 30.3 Å². The first-order valence-electron chi connectivity index (χ1n) is 9.47. The van der Waals surface area contributed by atoms with E-state index in [2.05, 4.69) is 11.8 Å². The smallest absolute Gasteiger partial charge is 0.161 e. The number of rotatable bonds is 12. The van der Waals surface area contributed by atoms with Crippen molar-refractivity contribution in [3.63, 3.8) is 0 Å². The van der Waals surface area contributed by atoms with Gasteiger partial charge in [0.05, 0.1) is 21.3 Å². The SMILES string of the molecule is CCCN(Cc1ccc(OC)c(OC)c1)CC(O)COc1ccc(OC)cc1. The Balaban J connectivity index is 1.91. The highest BCUT2D eigenvalue weighted by Gasteiger charge is 2.14. The van der Waals surface area contributed by atoms with Gasteiger partial charge in [-0.15, -0.1) is 0 Å². The van der Waals surface area contributed by atoms with E-state index in [1.165, 1.54) is 0 Å². The number of ether oxygens (including phenoxy) is 4. The van der Waals surface area contributed by atoms with Crippen molar-refractivity contribution in [3.8, 4) is 23.0 Å². The Labute approximate surface area is 167 Å². The summed E-state index contributed by atoms with van der Waals surface area (Å²) in [6.07, 6.45) is 0.410. The van der Waals surface area contributed by atoms with E-state index in [4.69, 9.17) is 18.9 Å². The van der Waals surface area contributed by atoms with Gasteiger partial charge < -0.3 is 24.1 Å². The van der Waals surface area contributed by atoms with Crippen molar-refractivity contribution in [1.29, 1.82) is 0 Å².